The lowest BCUT2D eigenvalue weighted by molar-refractivity contribution is 0.0908. The fourth-order valence-electron chi connectivity index (χ4n) is 4.70. The number of carbonyl (C=O) groups excluding carboxylic acids is 1. The largest absolute Gasteiger partial charge is 0.496 e. The molecule has 1 amide bonds. The fourth-order valence-corrected chi connectivity index (χ4v) is 4.70. The highest BCUT2D eigenvalue weighted by atomic mass is 16.5. The van der Waals surface area contributed by atoms with Gasteiger partial charge in [0.15, 0.2) is 0 Å². The van der Waals surface area contributed by atoms with E-state index < -0.39 is 0 Å². The highest BCUT2D eigenvalue weighted by molar-refractivity contribution is 5.95. The number of nitrogens with one attached hydrogen (secondary N) is 1. The fraction of sp³-hybridized carbons (Fsp3) is 0.370. The zero-order valence-electron chi connectivity index (χ0n) is 19.8. The number of carbonyl (C=O) groups is 1. The molecule has 0 saturated carbocycles. The lowest BCUT2D eigenvalue weighted by atomic mass is 10.0. The third-order valence-electron chi connectivity index (χ3n) is 6.53. The number of hydrogen-bond acceptors (Lipinski definition) is 4. The monoisotopic (exact) mass is 447 g/mol. The Labute approximate surface area is 195 Å². The Morgan fingerprint density at radius 1 is 1.15 bits per heavy atom. The first-order chi connectivity index (χ1) is 16.0. The van der Waals surface area contributed by atoms with Crippen molar-refractivity contribution in [1.82, 2.24) is 14.8 Å². The van der Waals surface area contributed by atoms with Crippen LogP contribution in [0.25, 0.3) is 10.9 Å². The maximum absolute atomic E-state index is 12.9. The molecule has 174 valence electrons. The molecular weight excluding hydrogens is 414 g/mol. The van der Waals surface area contributed by atoms with Gasteiger partial charge in [-0.3, -0.25) is 9.69 Å². The first-order valence-corrected chi connectivity index (χ1v) is 11.5. The predicted molar refractivity (Wildman–Crippen MR) is 132 cm³/mol. The molecule has 0 bridgehead atoms. The summed E-state index contributed by atoms with van der Waals surface area (Å²) in [5, 5.41) is 4.50. The lowest BCUT2D eigenvalue weighted by Gasteiger charge is -2.32. The maximum atomic E-state index is 12.9. The third-order valence-corrected chi connectivity index (χ3v) is 6.53. The van der Waals surface area contributed by atoms with E-state index in [2.05, 4.69) is 51.8 Å². The van der Waals surface area contributed by atoms with Crippen molar-refractivity contribution in [2.75, 3.05) is 27.3 Å². The molecule has 0 atom stereocenters. The van der Waals surface area contributed by atoms with Crippen molar-refractivity contribution in [3.63, 3.8) is 0 Å². The van der Waals surface area contributed by atoms with Crippen molar-refractivity contribution in [2.45, 2.75) is 38.9 Å². The summed E-state index contributed by atoms with van der Waals surface area (Å²) in [5.74, 6) is 1.23. The summed E-state index contributed by atoms with van der Waals surface area (Å²) in [5.41, 5.74) is 4.04. The molecule has 33 heavy (non-hydrogen) atoms. The van der Waals surface area contributed by atoms with Crippen molar-refractivity contribution in [3.05, 3.63) is 71.9 Å². The standard InChI is InChI=1S/C27H33N3O3/c1-5-12-30-18-21(23-8-6-7-9-24(23)30)17-29-13-10-22(11-14-29)28-27(31)20-15-25(32-3)19(2)26(16-20)33-4/h5-9,15-16,18,22H,1,10-14,17H2,2-4H3,(H,28,31). The van der Waals surface area contributed by atoms with E-state index in [-0.39, 0.29) is 11.9 Å². The Hall–Kier alpha value is -3.25. The van der Waals surface area contributed by atoms with Gasteiger partial charge in [-0.1, -0.05) is 24.3 Å². The van der Waals surface area contributed by atoms with Crippen molar-refractivity contribution in [1.29, 1.82) is 0 Å². The molecule has 4 rings (SSSR count). The zero-order valence-corrected chi connectivity index (χ0v) is 19.8. The van der Waals surface area contributed by atoms with Crippen LogP contribution in [0.5, 0.6) is 11.5 Å². The third kappa shape index (κ3) is 4.91. The van der Waals surface area contributed by atoms with Crippen LogP contribution in [0.1, 0.15) is 34.3 Å². The molecule has 1 aliphatic heterocycles. The first kappa shape index (κ1) is 22.9. The first-order valence-electron chi connectivity index (χ1n) is 11.5. The van der Waals surface area contributed by atoms with Crippen LogP contribution in [0.4, 0.5) is 0 Å². The molecule has 1 aromatic heterocycles. The number of allylic oxidation sites excluding steroid dienone is 1. The van der Waals surface area contributed by atoms with Crippen LogP contribution in [0, 0.1) is 6.92 Å². The van der Waals surface area contributed by atoms with Crippen molar-refractivity contribution in [3.8, 4) is 11.5 Å². The number of fused-ring (bicyclic) bond motifs is 1. The Bertz CT molecular complexity index is 1120. The van der Waals surface area contributed by atoms with Crippen LogP contribution in [0.15, 0.2) is 55.3 Å². The van der Waals surface area contributed by atoms with Gasteiger partial charge in [0.2, 0.25) is 0 Å². The Balaban J connectivity index is 1.38. The number of methoxy groups -OCH3 is 2. The summed E-state index contributed by atoms with van der Waals surface area (Å²) in [6.45, 7) is 9.43. The Morgan fingerprint density at radius 3 is 2.45 bits per heavy atom. The van der Waals surface area contributed by atoms with E-state index >= 15 is 0 Å². The van der Waals surface area contributed by atoms with E-state index in [0.29, 0.717) is 17.1 Å². The van der Waals surface area contributed by atoms with Crippen LogP contribution in [-0.2, 0) is 13.1 Å². The van der Waals surface area contributed by atoms with E-state index in [1.165, 1.54) is 16.5 Å². The summed E-state index contributed by atoms with van der Waals surface area (Å²) in [6, 6.07) is 12.3. The van der Waals surface area contributed by atoms with E-state index in [4.69, 9.17) is 9.47 Å². The van der Waals surface area contributed by atoms with Gasteiger partial charge < -0.3 is 19.4 Å². The molecule has 1 N–H and O–H groups in total. The number of para-hydroxylation sites is 1. The number of aromatic nitrogens is 1. The maximum Gasteiger partial charge on any atom is 0.251 e. The minimum absolute atomic E-state index is 0.0856. The van der Waals surface area contributed by atoms with E-state index in [1.807, 2.05) is 13.0 Å². The molecule has 1 aliphatic rings. The van der Waals surface area contributed by atoms with Crippen molar-refractivity contribution >= 4 is 16.8 Å². The molecule has 3 aromatic rings. The Kier molecular flexibility index (Phi) is 7.04. The Morgan fingerprint density at radius 2 is 1.82 bits per heavy atom. The number of hydrogen-bond donors (Lipinski definition) is 1. The quantitative estimate of drug-likeness (QED) is 0.515. The van der Waals surface area contributed by atoms with E-state index in [9.17, 15) is 4.79 Å². The zero-order chi connectivity index (χ0) is 23.4. The highest BCUT2D eigenvalue weighted by Crippen LogP contribution is 2.30. The summed E-state index contributed by atoms with van der Waals surface area (Å²) < 4.78 is 13.1. The molecule has 2 heterocycles. The van der Waals surface area contributed by atoms with Gasteiger partial charge in [-0.2, -0.15) is 0 Å². The van der Waals surface area contributed by atoms with E-state index in [1.54, 1.807) is 26.4 Å². The van der Waals surface area contributed by atoms with Gasteiger partial charge in [-0.25, -0.2) is 0 Å². The number of ether oxygens (including phenoxy) is 2. The second-order valence-electron chi connectivity index (χ2n) is 8.64. The molecule has 6 heteroatoms. The van der Waals surface area contributed by atoms with Gasteiger partial charge in [0.1, 0.15) is 11.5 Å². The van der Waals surface area contributed by atoms with Gasteiger partial charge >= 0.3 is 0 Å². The highest BCUT2D eigenvalue weighted by Gasteiger charge is 2.23. The number of likely N-dealkylation sites (tertiary alicyclic amines) is 1. The molecule has 0 unspecified atom stereocenters. The van der Waals surface area contributed by atoms with Gasteiger partial charge in [-0.05, 0) is 43.5 Å². The number of piperidine rings is 1. The normalized spacial score (nSPS) is 14.9. The van der Waals surface area contributed by atoms with Crippen LogP contribution in [-0.4, -0.2) is 48.7 Å². The summed E-state index contributed by atoms with van der Waals surface area (Å²) >= 11 is 0. The number of nitrogens with zero attached hydrogens (tertiary/aromatic N) is 2. The van der Waals surface area contributed by atoms with Crippen molar-refractivity contribution < 1.29 is 14.3 Å². The topological polar surface area (TPSA) is 55.7 Å². The lowest BCUT2D eigenvalue weighted by Crippen LogP contribution is -2.44. The molecule has 2 aromatic carbocycles. The molecule has 1 fully saturated rings. The number of benzene rings is 2. The van der Waals surface area contributed by atoms with Crippen LogP contribution >= 0.6 is 0 Å². The van der Waals surface area contributed by atoms with Gasteiger partial charge in [0.25, 0.3) is 5.91 Å². The van der Waals surface area contributed by atoms with Gasteiger partial charge in [0, 0.05) is 60.4 Å². The predicted octanol–water partition coefficient (Wildman–Crippen LogP) is 4.55. The molecule has 0 radical (unpaired) electrons. The summed E-state index contributed by atoms with van der Waals surface area (Å²) in [6.07, 6.45) is 6.04. The second kappa shape index (κ2) is 10.1. The van der Waals surface area contributed by atoms with Crippen molar-refractivity contribution in [2.24, 2.45) is 0 Å². The number of rotatable bonds is 8. The molecule has 6 nitrogen and oxygen atoms in total. The average molecular weight is 448 g/mol. The van der Waals surface area contributed by atoms with Gasteiger partial charge in [0.05, 0.1) is 14.2 Å². The minimum atomic E-state index is -0.0856. The average Bonchev–Trinajstić information content (AvgIpc) is 3.18. The second-order valence-corrected chi connectivity index (χ2v) is 8.64. The minimum Gasteiger partial charge on any atom is -0.496 e. The molecule has 1 saturated heterocycles. The molecule has 0 spiro atoms. The van der Waals surface area contributed by atoms with Crippen LogP contribution < -0.4 is 14.8 Å². The van der Waals surface area contributed by atoms with Crippen LogP contribution in [0.3, 0.4) is 0 Å². The summed E-state index contributed by atoms with van der Waals surface area (Å²) in [4.78, 5) is 15.4. The summed E-state index contributed by atoms with van der Waals surface area (Å²) in [7, 11) is 3.21. The van der Waals surface area contributed by atoms with Crippen LogP contribution in [0.2, 0.25) is 0 Å². The molecule has 0 aliphatic carbocycles. The molecular formula is C27H33N3O3. The smallest absolute Gasteiger partial charge is 0.251 e. The SMILES string of the molecule is C=CCn1cc(CN2CCC(NC(=O)c3cc(OC)c(C)c(OC)c3)CC2)c2ccccc21. The number of amides is 1. The van der Waals surface area contributed by atoms with Gasteiger partial charge in [-0.15, -0.1) is 6.58 Å². The van der Waals surface area contributed by atoms with E-state index in [0.717, 1.165) is 44.6 Å².